The number of benzene rings is 1. The quantitative estimate of drug-likeness (QED) is 0.766. The van der Waals surface area contributed by atoms with Gasteiger partial charge in [-0.15, -0.1) is 0 Å². The van der Waals surface area contributed by atoms with Crippen LogP contribution in [0.15, 0.2) is 28.7 Å². The minimum absolute atomic E-state index is 0.540. The summed E-state index contributed by atoms with van der Waals surface area (Å²) in [7, 11) is 0. The molecule has 5 nitrogen and oxygen atoms in total. The fourth-order valence-corrected chi connectivity index (χ4v) is 3.05. The van der Waals surface area contributed by atoms with Gasteiger partial charge in [0.25, 0.3) is 0 Å². The predicted octanol–water partition coefficient (Wildman–Crippen LogP) is 2.37. The molecular weight excluding hydrogens is 278 g/mol. The smallest absolute Gasteiger partial charge is 0.209 e. The molecule has 1 atom stereocenters. The van der Waals surface area contributed by atoms with Crippen LogP contribution in [0, 0.1) is 0 Å². The van der Waals surface area contributed by atoms with Crippen molar-refractivity contribution in [2.75, 3.05) is 39.4 Å². The molecule has 0 unspecified atom stereocenters. The zero-order valence-electron chi connectivity index (χ0n) is 13.5. The number of nitrogens with zero attached hydrogens (tertiary/aromatic N) is 3. The van der Waals surface area contributed by atoms with E-state index in [9.17, 15) is 0 Å². The highest BCUT2D eigenvalue weighted by atomic mass is 16.5. The minimum Gasteiger partial charge on any atom is -0.439 e. The molecule has 1 saturated heterocycles. The average molecular weight is 303 g/mol. The predicted molar refractivity (Wildman–Crippen MR) is 86.8 cm³/mol. The Morgan fingerprint density at radius 3 is 2.95 bits per heavy atom. The van der Waals surface area contributed by atoms with Crippen LogP contribution in [-0.4, -0.2) is 60.2 Å². The van der Waals surface area contributed by atoms with Gasteiger partial charge in [0.2, 0.25) is 5.89 Å². The first-order valence-corrected chi connectivity index (χ1v) is 8.15. The van der Waals surface area contributed by atoms with Crippen LogP contribution in [0.1, 0.15) is 19.7 Å². The molecule has 1 fully saturated rings. The van der Waals surface area contributed by atoms with Crippen molar-refractivity contribution in [3.63, 3.8) is 0 Å². The van der Waals surface area contributed by atoms with E-state index in [-0.39, 0.29) is 0 Å². The van der Waals surface area contributed by atoms with E-state index in [2.05, 4.69) is 21.7 Å². The highest BCUT2D eigenvalue weighted by Crippen LogP contribution is 2.17. The normalized spacial score (nSPS) is 20.7. The van der Waals surface area contributed by atoms with Crippen LogP contribution in [0.2, 0.25) is 0 Å². The number of hydrogen-bond acceptors (Lipinski definition) is 5. The zero-order valence-corrected chi connectivity index (χ0v) is 13.5. The lowest BCUT2D eigenvalue weighted by Gasteiger charge is -2.39. The maximum Gasteiger partial charge on any atom is 0.209 e. The Morgan fingerprint density at radius 1 is 1.32 bits per heavy atom. The first-order chi connectivity index (χ1) is 10.8. The molecule has 1 aromatic heterocycles. The number of aromatic nitrogens is 1. The van der Waals surface area contributed by atoms with Crippen LogP contribution >= 0.6 is 0 Å². The monoisotopic (exact) mass is 303 g/mol. The molecular formula is C17H25N3O2. The van der Waals surface area contributed by atoms with Gasteiger partial charge in [-0.05, 0) is 26.0 Å². The van der Waals surface area contributed by atoms with Gasteiger partial charge in [0, 0.05) is 38.8 Å². The van der Waals surface area contributed by atoms with E-state index in [0.717, 1.165) is 62.9 Å². The van der Waals surface area contributed by atoms with Gasteiger partial charge in [-0.3, -0.25) is 9.80 Å². The summed E-state index contributed by atoms with van der Waals surface area (Å²) < 4.78 is 11.3. The Labute approximate surface area is 131 Å². The van der Waals surface area contributed by atoms with E-state index >= 15 is 0 Å². The van der Waals surface area contributed by atoms with Crippen molar-refractivity contribution < 1.29 is 9.15 Å². The van der Waals surface area contributed by atoms with Gasteiger partial charge in [-0.25, -0.2) is 4.98 Å². The molecule has 22 heavy (non-hydrogen) atoms. The summed E-state index contributed by atoms with van der Waals surface area (Å²) >= 11 is 0. The summed E-state index contributed by atoms with van der Waals surface area (Å²) in [5.74, 6) is 0.816. The molecule has 0 amide bonds. The number of para-hydroxylation sites is 2. The molecule has 0 radical (unpaired) electrons. The van der Waals surface area contributed by atoms with Gasteiger partial charge in [-0.2, -0.15) is 0 Å². The number of oxazole rings is 1. The highest BCUT2D eigenvalue weighted by Gasteiger charge is 2.24. The molecule has 0 spiro atoms. The van der Waals surface area contributed by atoms with E-state index in [1.54, 1.807) is 0 Å². The molecule has 0 N–H and O–H groups in total. The van der Waals surface area contributed by atoms with Gasteiger partial charge in [0.1, 0.15) is 5.52 Å². The molecule has 1 aliphatic heterocycles. The fraction of sp³-hybridized carbons (Fsp3) is 0.588. The van der Waals surface area contributed by atoms with Crippen molar-refractivity contribution in [2.45, 2.75) is 26.4 Å². The van der Waals surface area contributed by atoms with E-state index < -0.39 is 0 Å². The number of hydrogen-bond donors (Lipinski definition) is 0. The molecule has 120 valence electrons. The standard InChI is InChI=1S/C17H25N3O2/c1-3-21-11-10-20-9-8-19(12-14(20)2)13-17-18-15-6-4-5-7-16(15)22-17/h4-7,14H,3,8-13H2,1-2H3/t14-/m0/s1. The van der Waals surface area contributed by atoms with E-state index in [4.69, 9.17) is 9.15 Å². The van der Waals surface area contributed by atoms with Crippen molar-refractivity contribution in [1.29, 1.82) is 0 Å². The Kier molecular flexibility index (Phi) is 5.08. The molecule has 1 aromatic carbocycles. The average Bonchev–Trinajstić information content (AvgIpc) is 2.92. The van der Waals surface area contributed by atoms with Crippen LogP contribution in [0.4, 0.5) is 0 Å². The maximum atomic E-state index is 5.83. The van der Waals surface area contributed by atoms with Gasteiger partial charge in [0.15, 0.2) is 5.58 Å². The summed E-state index contributed by atoms with van der Waals surface area (Å²) in [5, 5.41) is 0. The van der Waals surface area contributed by atoms with E-state index in [1.165, 1.54) is 0 Å². The molecule has 3 rings (SSSR count). The molecule has 2 heterocycles. The van der Waals surface area contributed by atoms with Gasteiger partial charge in [0.05, 0.1) is 13.2 Å². The first-order valence-electron chi connectivity index (χ1n) is 8.15. The first kappa shape index (κ1) is 15.5. The summed E-state index contributed by atoms with van der Waals surface area (Å²) in [6, 6.07) is 8.49. The van der Waals surface area contributed by atoms with Crippen LogP contribution in [0.3, 0.4) is 0 Å². The third-order valence-electron chi connectivity index (χ3n) is 4.27. The number of rotatable bonds is 6. The minimum atomic E-state index is 0.540. The number of piperazine rings is 1. The van der Waals surface area contributed by atoms with Gasteiger partial charge >= 0.3 is 0 Å². The van der Waals surface area contributed by atoms with Crippen LogP contribution in [-0.2, 0) is 11.3 Å². The second-order valence-electron chi connectivity index (χ2n) is 5.89. The fourth-order valence-electron chi connectivity index (χ4n) is 3.05. The zero-order chi connectivity index (χ0) is 15.4. The van der Waals surface area contributed by atoms with Crippen molar-refractivity contribution in [1.82, 2.24) is 14.8 Å². The number of fused-ring (bicyclic) bond motifs is 1. The summed E-state index contributed by atoms with van der Waals surface area (Å²) in [6.07, 6.45) is 0. The van der Waals surface area contributed by atoms with Gasteiger partial charge in [-0.1, -0.05) is 12.1 Å². The van der Waals surface area contributed by atoms with Crippen LogP contribution in [0.5, 0.6) is 0 Å². The third kappa shape index (κ3) is 3.66. The van der Waals surface area contributed by atoms with Gasteiger partial charge < -0.3 is 9.15 Å². The largest absolute Gasteiger partial charge is 0.439 e. The lowest BCUT2D eigenvalue weighted by atomic mass is 10.2. The summed E-state index contributed by atoms with van der Waals surface area (Å²) in [4.78, 5) is 9.49. The molecule has 5 heteroatoms. The molecule has 2 aromatic rings. The van der Waals surface area contributed by atoms with Crippen molar-refractivity contribution in [2.24, 2.45) is 0 Å². The number of ether oxygens (including phenoxy) is 1. The molecule has 0 aliphatic carbocycles. The van der Waals surface area contributed by atoms with Crippen molar-refractivity contribution >= 4 is 11.1 Å². The Bertz CT molecular complexity index is 565. The topological polar surface area (TPSA) is 41.7 Å². The van der Waals surface area contributed by atoms with E-state index in [1.807, 2.05) is 31.2 Å². The van der Waals surface area contributed by atoms with E-state index in [0.29, 0.717) is 6.04 Å². The Morgan fingerprint density at radius 2 is 2.18 bits per heavy atom. The SMILES string of the molecule is CCOCCN1CCN(Cc2nc3ccccc3o2)C[C@@H]1C. The van der Waals surface area contributed by atoms with Crippen molar-refractivity contribution in [3.8, 4) is 0 Å². The van der Waals surface area contributed by atoms with Crippen LogP contribution < -0.4 is 0 Å². The lowest BCUT2D eigenvalue weighted by molar-refractivity contribution is 0.0439. The molecule has 1 aliphatic rings. The second kappa shape index (κ2) is 7.22. The Hall–Kier alpha value is -1.43. The maximum absolute atomic E-state index is 5.83. The Balaban J connectivity index is 1.54. The highest BCUT2D eigenvalue weighted by molar-refractivity contribution is 5.72. The third-order valence-corrected chi connectivity index (χ3v) is 4.27. The lowest BCUT2D eigenvalue weighted by Crippen LogP contribution is -2.52. The van der Waals surface area contributed by atoms with Crippen LogP contribution in [0.25, 0.3) is 11.1 Å². The van der Waals surface area contributed by atoms with Crippen molar-refractivity contribution in [3.05, 3.63) is 30.2 Å². The molecule has 0 saturated carbocycles. The molecule has 0 bridgehead atoms. The summed E-state index contributed by atoms with van der Waals surface area (Å²) in [6.45, 7) is 10.9. The second-order valence-corrected chi connectivity index (χ2v) is 5.89. The summed E-state index contributed by atoms with van der Waals surface area (Å²) in [5.41, 5.74) is 1.82.